The second-order valence-electron chi connectivity index (χ2n) is 6.49. The Morgan fingerprint density at radius 2 is 1.71 bits per heavy atom. The summed E-state index contributed by atoms with van der Waals surface area (Å²) in [6, 6.07) is 0. The first kappa shape index (κ1) is 13.4. The van der Waals surface area contributed by atoms with Gasteiger partial charge in [-0.2, -0.15) is 0 Å². The highest BCUT2D eigenvalue weighted by molar-refractivity contribution is 4.80. The van der Waals surface area contributed by atoms with Crippen molar-refractivity contribution in [2.75, 3.05) is 19.6 Å². The lowest BCUT2D eigenvalue weighted by molar-refractivity contribution is 0.0359. The molecule has 0 amide bonds. The number of hydrogen-bond acceptors (Lipinski definition) is 2. The van der Waals surface area contributed by atoms with E-state index >= 15 is 0 Å². The molecule has 0 radical (unpaired) electrons. The molecule has 2 aliphatic rings. The molecule has 0 aromatic carbocycles. The third kappa shape index (κ3) is 3.69. The Morgan fingerprint density at radius 1 is 1.06 bits per heavy atom. The van der Waals surface area contributed by atoms with Gasteiger partial charge in [-0.15, -0.1) is 0 Å². The van der Waals surface area contributed by atoms with Gasteiger partial charge in [0.25, 0.3) is 0 Å². The maximum Gasteiger partial charge on any atom is 0.0580 e. The van der Waals surface area contributed by atoms with E-state index in [0.29, 0.717) is 5.92 Å². The Morgan fingerprint density at radius 3 is 2.29 bits per heavy atom. The topological polar surface area (TPSA) is 23.5 Å². The Bertz CT molecular complexity index is 221. The van der Waals surface area contributed by atoms with E-state index in [1.54, 1.807) is 0 Å². The molecule has 1 saturated heterocycles. The fourth-order valence-corrected chi connectivity index (χ4v) is 3.53. The summed E-state index contributed by atoms with van der Waals surface area (Å²) in [6.45, 7) is 8.36. The molecule has 2 nitrogen and oxygen atoms in total. The predicted molar refractivity (Wildman–Crippen MR) is 72.0 cm³/mol. The van der Waals surface area contributed by atoms with E-state index in [9.17, 15) is 5.11 Å². The van der Waals surface area contributed by atoms with Crippen molar-refractivity contribution in [1.82, 2.24) is 4.90 Å². The summed E-state index contributed by atoms with van der Waals surface area (Å²) < 4.78 is 0. The molecule has 0 aromatic heterocycles. The third-order valence-electron chi connectivity index (χ3n) is 4.94. The minimum atomic E-state index is -0.0217. The molecule has 2 rings (SSSR count). The fourth-order valence-electron chi connectivity index (χ4n) is 3.53. The van der Waals surface area contributed by atoms with E-state index in [1.807, 2.05) is 0 Å². The van der Waals surface area contributed by atoms with Crippen molar-refractivity contribution < 1.29 is 5.11 Å². The second kappa shape index (κ2) is 6.19. The normalized spacial score (nSPS) is 33.2. The van der Waals surface area contributed by atoms with Crippen LogP contribution in [-0.4, -0.2) is 35.7 Å². The number of hydrogen-bond donors (Lipinski definition) is 1. The van der Waals surface area contributed by atoms with Crippen molar-refractivity contribution in [3.05, 3.63) is 0 Å². The lowest BCUT2D eigenvalue weighted by Gasteiger charge is -2.38. The molecule has 0 aromatic rings. The Kier molecular flexibility index (Phi) is 4.87. The van der Waals surface area contributed by atoms with Gasteiger partial charge in [0.1, 0.15) is 0 Å². The summed E-state index contributed by atoms with van der Waals surface area (Å²) in [5.41, 5.74) is 0. The van der Waals surface area contributed by atoms with Crippen LogP contribution >= 0.6 is 0 Å². The van der Waals surface area contributed by atoms with Crippen molar-refractivity contribution in [2.24, 2.45) is 17.8 Å². The molecule has 0 spiro atoms. The average Bonchev–Trinajstić information content (AvgIpc) is 2.33. The quantitative estimate of drug-likeness (QED) is 0.818. The summed E-state index contributed by atoms with van der Waals surface area (Å²) >= 11 is 0. The van der Waals surface area contributed by atoms with Crippen molar-refractivity contribution in [3.63, 3.8) is 0 Å². The second-order valence-corrected chi connectivity index (χ2v) is 6.49. The SMILES string of the molecule is CC(C)C1CCN(CC2CCCCC2O)CC1. The molecule has 2 atom stereocenters. The van der Waals surface area contributed by atoms with Gasteiger partial charge in [-0.3, -0.25) is 0 Å². The van der Waals surface area contributed by atoms with Gasteiger partial charge in [-0.1, -0.05) is 26.7 Å². The van der Waals surface area contributed by atoms with E-state index < -0.39 is 0 Å². The molecule has 2 unspecified atom stereocenters. The first-order chi connectivity index (χ1) is 8.16. The van der Waals surface area contributed by atoms with Crippen molar-refractivity contribution in [1.29, 1.82) is 0 Å². The first-order valence-corrected chi connectivity index (χ1v) is 7.57. The van der Waals surface area contributed by atoms with Crippen LogP contribution in [0, 0.1) is 17.8 Å². The van der Waals surface area contributed by atoms with Crippen LogP contribution in [0.25, 0.3) is 0 Å². The smallest absolute Gasteiger partial charge is 0.0580 e. The summed E-state index contributed by atoms with van der Waals surface area (Å²) in [4.78, 5) is 2.60. The van der Waals surface area contributed by atoms with Crippen molar-refractivity contribution >= 4 is 0 Å². The van der Waals surface area contributed by atoms with Gasteiger partial charge in [0.15, 0.2) is 0 Å². The molecule has 100 valence electrons. The highest BCUT2D eigenvalue weighted by Crippen LogP contribution is 2.28. The van der Waals surface area contributed by atoms with Gasteiger partial charge >= 0.3 is 0 Å². The van der Waals surface area contributed by atoms with Crippen LogP contribution < -0.4 is 0 Å². The number of piperidine rings is 1. The summed E-state index contributed by atoms with van der Waals surface area (Å²) in [5, 5.41) is 10.0. The highest BCUT2D eigenvalue weighted by atomic mass is 16.3. The Balaban J connectivity index is 1.73. The lowest BCUT2D eigenvalue weighted by Crippen LogP contribution is -2.41. The number of rotatable bonds is 3. The third-order valence-corrected chi connectivity index (χ3v) is 4.94. The number of aliphatic hydroxyl groups is 1. The molecule has 1 saturated carbocycles. The number of nitrogens with zero attached hydrogens (tertiary/aromatic N) is 1. The maximum absolute atomic E-state index is 10.0. The van der Waals surface area contributed by atoms with Gasteiger partial charge in [0, 0.05) is 6.54 Å². The maximum atomic E-state index is 10.0. The summed E-state index contributed by atoms with van der Waals surface area (Å²) in [6.07, 6.45) is 7.53. The molecule has 1 N–H and O–H groups in total. The molecule has 0 bridgehead atoms. The van der Waals surface area contributed by atoms with Crippen LogP contribution in [0.5, 0.6) is 0 Å². The van der Waals surface area contributed by atoms with Gasteiger partial charge in [-0.25, -0.2) is 0 Å². The molecule has 2 fully saturated rings. The molecule has 1 aliphatic carbocycles. The summed E-state index contributed by atoms with van der Waals surface area (Å²) in [7, 11) is 0. The lowest BCUT2D eigenvalue weighted by atomic mass is 9.84. The standard InChI is InChI=1S/C15H29NO/c1-12(2)13-7-9-16(10-8-13)11-14-5-3-4-6-15(14)17/h12-15,17H,3-11H2,1-2H3. The zero-order valence-corrected chi connectivity index (χ0v) is 11.6. The van der Waals surface area contributed by atoms with Crippen LogP contribution in [0.15, 0.2) is 0 Å². The van der Waals surface area contributed by atoms with Gasteiger partial charge in [0.05, 0.1) is 6.10 Å². The van der Waals surface area contributed by atoms with Crippen molar-refractivity contribution in [3.8, 4) is 0 Å². The van der Waals surface area contributed by atoms with Gasteiger partial charge in [-0.05, 0) is 56.5 Å². The van der Waals surface area contributed by atoms with Crippen LogP contribution in [0.2, 0.25) is 0 Å². The largest absolute Gasteiger partial charge is 0.393 e. The van der Waals surface area contributed by atoms with Crippen LogP contribution in [0.3, 0.4) is 0 Å². The summed E-state index contributed by atoms with van der Waals surface area (Å²) in [5.74, 6) is 2.33. The molecular weight excluding hydrogens is 210 g/mol. The van der Waals surface area contributed by atoms with Crippen LogP contribution in [0.4, 0.5) is 0 Å². The molecular formula is C15H29NO. The number of aliphatic hydroxyl groups excluding tert-OH is 1. The fraction of sp³-hybridized carbons (Fsp3) is 1.00. The van der Waals surface area contributed by atoms with Crippen molar-refractivity contribution in [2.45, 2.75) is 58.5 Å². The monoisotopic (exact) mass is 239 g/mol. The predicted octanol–water partition coefficient (Wildman–Crippen LogP) is 2.91. The van der Waals surface area contributed by atoms with Gasteiger partial charge in [0.2, 0.25) is 0 Å². The first-order valence-electron chi connectivity index (χ1n) is 7.57. The van der Waals surface area contributed by atoms with E-state index in [0.717, 1.165) is 24.8 Å². The van der Waals surface area contributed by atoms with Crippen LogP contribution in [0.1, 0.15) is 52.4 Å². The molecule has 17 heavy (non-hydrogen) atoms. The Hall–Kier alpha value is -0.0800. The van der Waals surface area contributed by atoms with Gasteiger partial charge < -0.3 is 10.0 Å². The zero-order chi connectivity index (χ0) is 12.3. The molecule has 1 heterocycles. The Labute approximate surface area is 106 Å². The average molecular weight is 239 g/mol. The zero-order valence-electron chi connectivity index (χ0n) is 11.6. The van der Waals surface area contributed by atoms with E-state index in [-0.39, 0.29) is 6.10 Å². The number of likely N-dealkylation sites (tertiary alicyclic amines) is 1. The molecule has 2 heteroatoms. The van der Waals surface area contributed by atoms with Crippen LogP contribution in [-0.2, 0) is 0 Å². The van der Waals surface area contributed by atoms with E-state index in [4.69, 9.17) is 0 Å². The minimum Gasteiger partial charge on any atom is -0.393 e. The minimum absolute atomic E-state index is 0.0217. The molecule has 1 aliphatic heterocycles. The van der Waals surface area contributed by atoms with E-state index in [2.05, 4.69) is 18.7 Å². The highest BCUT2D eigenvalue weighted by Gasteiger charge is 2.27. The van der Waals surface area contributed by atoms with E-state index in [1.165, 1.54) is 45.2 Å².